The van der Waals surface area contributed by atoms with Gasteiger partial charge in [0.15, 0.2) is 0 Å². The minimum absolute atomic E-state index is 0.0654. The maximum Gasteiger partial charge on any atom is 0.256 e. The smallest absolute Gasteiger partial charge is 0.256 e. The highest BCUT2D eigenvalue weighted by molar-refractivity contribution is 6.31. The topological polar surface area (TPSA) is 67.6 Å². The number of carbonyl (C=O) groups is 1. The first-order valence-electron chi connectivity index (χ1n) is 6.82. The van der Waals surface area contributed by atoms with Crippen molar-refractivity contribution in [2.45, 2.75) is 25.9 Å². The highest BCUT2D eigenvalue weighted by Gasteiger charge is 2.24. The van der Waals surface area contributed by atoms with Gasteiger partial charge in [0.1, 0.15) is 0 Å². The highest BCUT2D eigenvalue weighted by atomic mass is 35.5. The molecule has 1 aliphatic rings. The van der Waals surface area contributed by atoms with E-state index in [1.807, 2.05) is 4.90 Å². The van der Waals surface area contributed by atoms with E-state index in [2.05, 4.69) is 12.3 Å². The zero-order valence-corrected chi connectivity index (χ0v) is 12.3. The van der Waals surface area contributed by atoms with Crippen molar-refractivity contribution in [3.63, 3.8) is 0 Å². The molecule has 20 heavy (non-hydrogen) atoms. The summed E-state index contributed by atoms with van der Waals surface area (Å²) in [5.74, 6) is 5.40. The molecule has 1 saturated heterocycles. The first-order chi connectivity index (χ1) is 9.65. The fraction of sp³-hybridized carbons (Fsp3) is 0.500. The number of benzene rings is 1. The van der Waals surface area contributed by atoms with Gasteiger partial charge in [-0.15, -0.1) is 0 Å². The molecule has 0 saturated carbocycles. The van der Waals surface area contributed by atoms with Crippen LogP contribution >= 0.6 is 11.6 Å². The number of nitrogens with one attached hydrogen (secondary N) is 1. The van der Waals surface area contributed by atoms with Crippen molar-refractivity contribution in [2.75, 3.05) is 25.1 Å². The van der Waals surface area contributed by atoms with E-state index in [9.17, 15) is 4.79 Å². The Bertz CT molecular complexity index is 481. The number of nitrogens with zero attached hydrogens (tertiary/aromatic N) is 1. The van der Waals surface area contributed by atoms with Gasteiger partial charge in [-0.05, 0) is 31.0 Å². The van der Waals surface area contributed by atoms with Crippen molar-refractivity contribution >= 4 is 23.2 Å². The van der Waals surface area contributed by atoms with Gasteiger partial charge < -0.3 is 15.1 Å². The number of anilines is 1. The van der Waals surface area contributed by atoms with Crippen molar-refractivity contribution in [2.24, 2.45) is 5.84 Å². The average Bonchev–Trinajstić information content (AvgIpc) is 2.72. The number of amides is 1. The summed E-state index contributed by atoms with van der Waals surface area (Å²) in [6.45, 7) is 4.04. The molecule has 1 aliphatic heterocycles. The fourth-order valence-corrected chi connectivity index (χ4v) is 2.49. The van der Waals surface area contributed by atoms with Crippen molar-refractivity contribution in [1.29, 1.82) is 0 Å². The number of hydrogen-bond acceptors (Lipinski definition) is 4. The van der Waals surface area contributed by atoms with Gasteiger partial charge in [-0.25, -0.2) is 0 Å². The molecule has 0 radical (unpaired) electrons. The quantitative estimate of drug-likeness (QED) is 0.663. The van der Waals surface area contributed by atoms with Crippen LogP contribution in [0.15, 0.2) is 18.2 Å². The number of ether oxygens (including phenoxy) is 1. The van der Waals surface area contributed by atoms with E-state index >= 15 is 0 Å². The van der Waals surface area contributed by atoms with Gasteiger partial charge in [0.05, 0.1) is 17.4 Å². The Labute approximate surface area is 124 Å². The van der Waals surface area contributed by atoms with Crippen LogP contribution in [0.25, 0.3) is 0 Å². The van der Waals surface area contributed by atoms with Crippen LogP contribution in [-0.4, -0.2) is 36.6 Å². The van der Waals surface area contributed by atoms with Gasteiger partial charge >= 0.3 is 0 Å². The molecule has 0 spiro atoms. The van der Waals surface area contributed by atoms with Crippen molar-refractivity contribution in [3.8, 4) is 0 Å². The van der Waals surface area contributed by atoms with Gasteiger partial charge in [0.25, 0.3) is 5.91 Å². The molecule has 1 unspecified atom stereocenters. The van der Waals surface area contributed by atoms with Crippen LogP contribution in [0.1, 0.15) is 30.1 Å². The lowest BCUT2D eigenvalue weighted by Crippen LogP contribution is -2.37. The summed E-state index contributed by atoms with van der Waals surface area (Å²) in [6, 6.07) is 5.06. The molecule has 6 heteroatoms. The van der Waals surface area contributed by atoms with Gasteiger partial charge in [0.2, 0.25) is 0 Å². The first-order valence-corrected chi connectivity index (χ1v) is 7.20. The van der Waals surface area contributed by atoms with Crippen LogP contribution < -0.4 is 11.3 Å². The van der Waals surface area contributed by atoms with Gasteiger partial charge in [-0.3, -0.25) is 10.6 Å². The maximum absolute atomic E-state index is 12.7. The predicted molar refractivity (Wildman–Crippen MR) is 79.8 cm³/mol. The molecule has 0 aromatic heterocycles. The molecule has 3 N–H and O–H groups in total. The Hall–Kier alpha value is -1.30. The summed E-state index contributed by atoms with van der Waals surface area (Å²) in [4.78, 5) is 14.5. The summed E-state index contributed by atoms with van der Waals surface area (Å²) in [6.07, 6.45) is 1.82. The van der Waals surface area contributed by atoms with Crippen molar-refractivity contribution in [3.05, 3.63) is 28.8 Å². The van der Waals surface area contributed by atoms with Gasteiger partial charge in [-0.2, -0.15) is 0 Å². The lowest BCUT2D eigenvalue weighted by atomic mass is 10.1. The molecule has 1 fully saturated rings. The number of rotatable bonds is 3. The minimum Gasteiger partial charge on any atom is -0.376 e. The van der Waals surface area contributed by atoms with Gasteiger partial charge in [0, 0.05) is 24.7 Å². The van der Waals surface area contributed by atoms with Crippen LogP contribution in [0.3, 0.4) is 0 Å². The van der Waals surface area contributed by atoms with Crippen molar-refractivity contribution < 1.29 is 9.53 Å². The summed E-state index contributed by atoms with van der Waals surface area (Å²) in [5, 5.41) is 0.519. The molecule has 1 aromatic rings. The van der Waals surface area contributed by atoms with E-state index < -0.39 is 0 Å². The molecule has 5 nitrogen and oxygen atoms in total. The molecule has 2 rings (SSSR count). The molecular formula is C14H20ClN3O2. The van der Waals surface area contributed by atoms with E-state index in [0.717, 1.165) is 12.8 Å². The minimum atomic E-state index is -0.0654. The second-order valence-electron chi connectivity index (χ2n) is 4.84. The molecule has 1 atom stereocenters. The fourth-order valence-electron chi connectivity index (χ4n) is 2.32. The SMILES string of the molecule is CCC1CN(C(=O)c2cc(Cl)ccc2NN)CCCO1. The summed E-state index contributed by atoms with van der Waals surface area (Å²) >= 11 is 5.98. The number of hydrazine groups is 1. The van der Waals surface area contributed by atoms with Gasteiger partial charge in [-0.1, -0.05) is 18.5 Å². The lowest BCUT2D eigenvalue weighted by molar-refractivity contribution is 0.0460. The second-order valence-corrected chi connectivity index (χ2v) is 5.28. The van der Waals surface area contributed by atoms with Crippen LogP contribution in [0.2, 0.25) is 5.02 Å². The molecule has 0 bridgehead atoms. The average molecular weight is 298 g/mol. The zero-order chi connectivity index (χ0) is 14.5. The van der Waals surface area contributed by atoms with E-state index in [1.54, 1.807) is 18.2 Å². The van der Waals surface area contributed by atoms with E-state index in [-0.39, 0.29) is 12.0 Å². The Morgan fingerprint density at radius 2 is 2.40 bits per heavy atom. The van der Waals surface area contributed by atoms with Crippen molar-refractivity contribution in [1.82, 2.24) is 4.90 Å². The summed E-state index contributed by atoms with van der Waals surface area (Å²) in [7, 11) is 0. The monoisotopic (exact) mass is 297 g/mol. The number of halogens is 1. The maximum atomic E-state index is 12.7. The summed E-state index contributed by atoms with van der Waals surface area (Å²) in [5.41, 5.74) is 3.62. The molecule has 0 aliphatic carbocycles. The Morgan fingerprint density at radius 3 is 3.10 bits per heavy atom. The summed E-state index contributed by atoms with van der Waals surface area (Å²) < 4.78 is 5.69. The molecule has 1 aromatic carbocycles. The second kappa shape index (κ2) is 6.92. The van der Waals surface area contributed by atoms with E-state index in [1.165, 1.54) is 0 Å². The standard InChI is InChI=1S/C14H20ClN3O2/c1-2-11-9-18(6-3-7-20-11)14(19)12-8-10(15)4-5-13(12)17-16/h4-5,8,11,17H,2-3,6-7,9,16H2,1H3. The van der Waals surface area contributed by atoms with Crippen LogP contribution in [0.5, 0.6) is 0 Å². The molecular weight excluding hydrogens is 278 g/mol. The first kappa shape index (κ1) is 15.1. The number of nitrogens with two attached hydrogens (primary N) is 1. The third kappa shape index (κ3) is 3.42. The largest absolute Gasteiger partial charge is 0.376 e. The third-order valence-electron chi connectivity index (χ3n) is 3.46. The zero-order valence-electron chi connectivity index (χ0n) is 11.6. The number of hydrogen-bond donors (Lipinski definition) is 2. The van der Waals surface area contributed by atoms with Crippen LogP contribution in [0.4, 0.5) is 5.69 Å². The van der Waals surface area contributed by atoms with Crippen LogP contribution in [-0.2, 0) is 4.74 Å². The highest BCUT2D eigenvalue weighted by Crippen LogP contribution is 2.22. The van der Waals surface area contributed by atoms with E-state index in [4.69, 9.17) is 22.2 Å². The Kier molecular flexibility index (Phi) is 5.23. The lowest BCUT2D eigenvalue weighted by Gasteiger charge is -2.24. The third-order valence-corrected chi connectivity index (χ3v) is 3.70. The Balaban J connectivity index is 2.23. The van der Waals surface area contributed by atoms with E-state index in [0.29, 0.717) is 36.0 Å². The predicted octanol–water partition coefficient (Wildman–Crippen LogP) is 2.27. The Morgan fingerprint density at radius 1 is 1.60 bits per heavy atom. The number of carbonyl (C=O) groups excluding carboxylic acids is 1. The molecule has 110 valence electrons. The van der Waals surface area contributed by atoms with Crippen LogP contribution in [0, 0.1) is 0 Å². The normalized spacial score (nSPS) is 19.6. The molecule has 1 amide bonds. The number of nitrogen functional groups attached to an aromatic ring is 1. The molecule has 1 heterocycles.